The molecule has 1 saturated carbocycles. The highest BCUT2D eigenvalue weighted by molar-refractivity contribution is 5.81. The zero-order valence-electron chi connectivity index (χ0n) is 8.54. The lowest BCUT2D eigenvalue weighted by Crippen LogP contribution is -2.25. The van der Waals surface area contributed by atoms with Gasteiger partial charge in [0.1, 0.15) is 0 Å². The fraction of sp³-hybridized carbons (Fsp3) is 0.833. The van der Waals surface area contributed by atoms with Gasteiger partial charge in [0.25, 0.3) is 0 Å². The lowest BCUT2D eigenvalue weighted by Gasteiger charge is -2.03. The lowest BCUT2D eigenvalue weighted by molar-refractivity contribution is -0.145. The van der Waals surface area contributed by atoms with Crippen LogP contribution in [0.1, 0.15) is 53.9 Å². The summed E-state index contributed by atoms with van der Waals surface area (Å²) < 4.78 is 4.84. The number of hydrogen-bond donors (Lipinski definition) is 1. The Morgan fingerprint density at radius 1 is 1.25 bits per heavy atom. The highest BCUT2D eigenvalue weighted by Gasteiger charge is 2.23. The van der Waals surface area contributed by atoms with Crippen molar-refractivity contribution in [3.05, 3.63) is 0 Å². The topological polar surface area (TPSA) is 55.4 Å². The summed E-state index contributed by atoms with van der Waals surface area (Å²) >= 11 is 0. The van der Waals surface area contributed by atoms with E-state index in [0.29, 0.717) is 12.6 Å². The number of nitrogens with one attached hydrogen (secondary N) is 1. The van der Waals surface area contributed by atoms with Crippen LogP contribution in [0.2, 0.25) is 0 Å². The van der Waals surface area contributed by atoms with Crippen molar-refractivity contribution in [3.63, 3.8) is 0 Å². The molecule has 0 aromatic rings. The summed E-state index contributed by atoms with van der Waals surface area (Å²) in [4.78, 5) is 22.2. The van der Waals surface area contributed by atoms with E-state index in [1.807, 2.05) is 6.92 Å². The Morgan fingerprint density at radius 3 is 2.38 bits per heavy atom. The molecule has 0 radical (unpaired) electrons. The maximum Gasteiger partial charge on any atom is 0.306 e. The first kappa shape index (κ1) is 17.3. The average Bonchev–Trinajstić information content (AvgIpc) is 2.95. The van der Waals surface area contributed by atoms with Crippen LogP contribution < -0.4 is 5.32 Å². The third kappa shape index (κ3) is 8.26. The highest BCUT2D eigenvalue weighted by Crippen LogP contribution is 2.18. The SMILES string of the molecule is C.C.CCCOC(=O)CCC(=O)NC1CC1. The number of amides is 1. The van der Waals surface area contributed by atoms with Gasteiger partial charge in [-0.1, -0.05) is 21.8 Å². The predicted molar refractivity (Wildman–Crippen MR) is 65.1 cm³/mol. The van der Waals surface area contributed by atoms with Crippen LogP contribution in [-0.2, 0) is 14.3 Å². The molecular weight excluding hydrogens is 206 g/mol. The first-order chi connectivity index (χ1) is 6.72. The fourth-order valence-electron chi connectivity index (χ4n) is 1.03. The highest BCUT2D eigenvalue weighted by atomic mass is 16.5. The maximum absolute atomic E-state index is 11.2. The first-order valence-corrected chi connectivity index (χ1v) is 5.17. The van der Waals surface area contributed by atoms with Gasteiger partial charge in [-0.05, 0) is 19.3 Å². The van der Waals surface area contributed by atoms with Gasteiger partial charge in [0.15, 0.2) is 0 Å². The molecule has 96 valence electrons. The number of carbonyl (C=O) groups excluding carboxylic acids is 2. The molecule has 1 aliphatic carbocycles. The Balaban J connectivity index is 0. The molecule has 0 spiro atoms. The van der Waals surface area contributed by atoms with E-state index in [1.165, 1.54) is 0 Å². The van der Waals surface area contributed by atoms with Gasteiger partial charge in [-0.15, -0.1) is 0 Å². The van der Waals surface area contributed by atoms with E-state index in [1.54, 1.807) is 0 Å². The van der Waals surface area contributed by atoms with Crippen LogP contribution >= 0.6 is 0 Å². The Morgan fingerprint density at radius 2 is 1.88 bits per heavy atom. The van der Waals surface area contributed by atoms with Crippen LogP contribution in [-0.4, -0.2) is 24.5 Å². The molecule has 0 aromatic heterocycles. The maximum atomic E-state index is 11.2. The van der Waals surface area contributed by atoms with Crippen molar-refractivity contribution in [1.29, 1.82) is 0 Å². The zero-order chi connectivity index (χ0) is 10.4. The second-order valence-corrected chi connectivity index (χ2v) is 3.56. The quantitative estimate of drug-likeness (QED) is 0.713. The van der Waals surface area contributed by atoms with Crippen LogP contribution in [0.3, 0.4) is 0 Å². The summed E-state index contributed by atoms with van der Waals surface area (Å²) in [5.74, 6) is -0.321. The molecule has 0 aliphatic heterocycles. The second kappa shape index (κ2) is 9.19. The van der Waals surface area contributed by atoms with Crippen molar-refractivity contribution in [2.75, 3.05) is 6.61 Å². The van der Waals surface area contributed by atoms with Gasteiger partial charge in [0.2, 0.25) is 5.91 Å². The standard InChI is InChI=1S/C10H17NO3.2CH4/c1-2-7-14-10(13)6-5-9(12)11-8-3-4-8;;/h8H,2-7H2,1H3,(H,11,12);2*1H4. The second-order valence-electron chi connectivity index (χ2n) is 3.56. The first-order valence-electron chi connectivity index (χ1n) is 5.17. The minimum absolute atomic E-state index is 0. The van der Waals surface area contributed by atoms with E-state index in [-0.39, 0.29) is 39.6 Å². The van der Waals surface area contributed by atoms with Gasteiger partial charge in [0, 0.05) is 12.5 Å². The van der Waals surface area contributed by atoms with Crippen LogP contribution in [0, 0.1) is 0 Å². The number of ether oxygens (including phenoxy) is 1. The van der Waals surface area contributed by atoms with E-state index in [2.05, 4.69) is 5.32 Å². The van der Waals surface area contributed by atoms with Gasteiger partial charge in [-0.3, -0.25) is 9.59 Å². The third-order valence-electron chi connectivity index (χ3n) is 1.97. The molecule has 1 N–H and O–H groups in total. The van der Waals surface area contributed by atoms with Gasteiger partial charge < -0.3 is 10.1 Å². The molecule has 4 nitrogen and oxygen atoms in total. The van der Waals surface area contributed by atoms with Crippen molar-refractivity contribution in [2.45, 2.75) is 59.9 Å². The molecule has 1 fully saturated rings. The van der Waals surface area contributed by atoms with E-state index < -0.39 is 0 Å². The molecule has 1 aliphatic rings. The van der Waals surface area contributed by atoms with Gasteiger partial charge in [-0.2, -0.15) is 0 Å². The molecule has 0 atom stereocenters. The van der Waals surface area contributed by atoms with Gasteiger partial charge >= 0.3 is 5.97 Å². The Labute approximate surface area is 98.7 Å². The third-order valence-corrected chi connectivity index (χ3v) is 1.97. The average molecular weight is 231 g/mol. The molecular formula is C12H25NO3. The van der Waals surface area contributed by atoms with Crippen LogP contribution in [0.25, 0.3) is 0 Å². The van der Waals surface area contributed by atoms with Crippen molar-refractivity contribution in [1.82, 2.24) is 5.32 Å². The summed E-state index contributed by atoms with van der Waals surface area (Å²) in [6.45, 7) is 2.39. The molecule has 0 aromatic carbocycles. The van der Waals surface area contributed by atoms with Crippen molar-refractivity contribution >= 4 is 11.9 Å². The summed E-state index contributed by atoms with van der Waals surface area (Å²) in [5, 5.41) is 2.82. The minimum Gasteiger partial charge on any atom is -0.466 e. The van der Waals surface area contributed by atoms with Crippen LogP contribution in [0.4, 0.5) is 0 Å². The molecule has 16 heavy (non-hydrogen) atoms. The minimum atomic E-state index is -0.280. The number of esters is 1. The molecule has 0 unspecified atom stereocenters. The van der Waals surface area contributed by atoms with Gasteiger partial charge in [0.05, 0.1) is 13.0 Å². The molecule has 0 heterocycles. The normalized spacial score (nSPS) is 13.1. The Bertz CT molecular complexity index is 212. The van der Waals surface area contributed by atoms with E-state index in [4.69, 9.17) is 4.74 Å². The van der Waals surface area contributed by atoms with Crippen molar-refractivity contribution < 1.29 is 14.3 Å². The van der Waals surface area contributed by atoms with E-state index in [0.717, 1.165) is 19.3 Å². The summed E-state index contributed by atoms with van der Waals surface area (Å²) in [5.41, 5.74) is 0. The summed E-state index contributed by atoms with van der Waals surface area (Å²) in [6.07, 6.45) is 3.41. The van der Waals surface area contributed by atoms with Crippen LogP contribution in [0.15, 0.2) is 0 Å². The molecule has 0 bridgehead atoms. The van der Waals surface area contributed by atoms with Crippen LogP contribution in [0.5, 0.6) is 0 Å². The van der Waals surface area contributed by atoms with E-state index in [9.17, 15) is 9.59 Å². The number of rotatable bonds is 6. The Kier molecular flexibility index (Phi) is 9.96. The molecule has 4 heteroatoms. The van der Waals surface area contributed by atoms with Crippen molar-refractivity contribution in [2.24, 2.45) is 0 Å². The van der Waals surface area contributed by atoms with Crippen molar-refractivity contribution in [3.8, 4) is 0 Å². The molecule has 1 amide bonds. The lowest BCUT2D eigenvalue weighted by atomic mass is 10.3. The number of carbonyl (C=O) groups is 2. The van der Waals surface area contributed by atoms with Gasteiger partial charge in [-0.25, -0.2) is 0 Å². The zero-order valence-corrected chi connectivity index (χ0v) is 8.54. The Hall–Kier alpha value is -1.06. The molecule has 0 saturated heterocycles. The summed E-state index contributed by atoms with van der Waals surface area (Å²) in [6, 6.07) is 0.370. The van der Waals surface area contributed by atoms with E-state index >= 15 is 0 Å². The number of hydrogen-bond acceptors (Lipinski definition) is 3. The smallest absolute Gasteiger partial charge is 0.306 e. The largest absolute Gasteiger partial charge is 0.466 e. The predicted octanol–water partition coefficient (Wildman–Crippen LogP) is 2.27. The summed E-state index contributed by atoms with van der Waals surface area (Å²) in [7, 11) is 0. The molecule has 1 rings (SSSR count). The fourth-order valence-corrected chi connectivity index (χ4v) is 1.03. The monoisotopic (exact) mass is 231 g/mol.